The van der Waals surface area contributed by atoms with Gasteiger partial charge in [0.25, 0.3) is 0 Å². The molecule has 0 bridgehead atoms. The Balaban J connectivity index is 1.26. The molecule has 2 amide bonds. The summed E-state index contributed by atoms with van der Waals surface area (Å²) >= 11 is 0. The van der Waals surface area contributed by atoms with E-state index in [1.807, 2.05) is 6.92 Å². The van der Waals surface area contributed by atoms with Gasteiger partial charge in [-0.15, -0.1) is 0 Å². The van der Waals surface area contributed by atoms with Crippen LogP contribution in [0.2, 0.25) is 0 Å². The van der Waals surface area contributed by atoms with Crippen molar-refractivity contribution >= 4 is 11.8 Å². The zero-order valence-electron chi connectivity index (χ0n) is 16.1. The van der Waals surface area contributed by atoms with E-state index < -0.39 is 0 Å². The van der Waals surface area contributed by atoms with Crippen LogP contribution in [0, 0.1) is 17.8 Å². The quantitative estimate of drug-likeness (QED) is 0.882. The molecule has 1 aromatic carbocycles. The maximum atomic E-state index is 12.7. The maximum absolute atomic E-state index is 12.7. The largest absolute Gasteiger partial charge is 0.353 e. The van der Waals surface area contributed by atoms with Gasteiger partial charge in [-0.05, 0) is 47.6 Å². The van der Waals surface area contributed by atoms with E-state index in [2.05, 4.69) is 48.3 Å². The molecule has 2 unspecified atom stereocenters. The third kappa shape index (κ3) is 3.15. The van der Waals surface area contributed by atoms with Gasteiger partial charge in [-0.3, -0.25) is 9.59 Å². The topological polar surface area (TPSA) is 49.4 Å². The van der Waals surface area contributed by atoms with Crippen molar-refractivity contribution < 1.29 is 9.59 Å². The van der Waals surface area contributed by atoms with Gasteiger partial charge in [0.05, 0.1) is 0 Å². The number of hydrogen-bond acceptors (Lipinski definition) is 2. The summed E-state index contributed by atoms with van der Waals surface area (Å²) in [5.41, 5.74) is 2.84. The molecule has 4 rings (SSSR count). The zero-order valence-corrected chi connectivity index (χ0v) is 16.1. The van der Waals surface area contributed by atoms with E-state index in [0.29, 0.717) is 36.0 Å². The second kappa shape index (κ2) is 6.71. The number of nitrogens with zero attached hydrogens (tertiary/aromatic N) is 1. The Labute approximate surface area is 156 Å². The van der Waals surface area contributed by atoms with E-state index in [1.165, 1.54) is 11.1 Å². The molecule has 1 heterocycles. The summed E-state index contributed by atoms with van der Waals surface area (Å²) < 4.78 is 0. The minimum absolute atomic E-state index is 0.0923. The van der Waals surface area contributed by atoms with Gasteiger partial charge in [-0.25, -0.2) is 0 Å². The summed E-state index contributed by atoms with van der Waals surface area (Å²) in [7, 11) is 0. The van der Waals surface area contributed by atoms with Crippen molar-refractivity contribution in [1.82, 2.24) is 10.2 Å². The average molecular weight is 354 g/mol. The molecular formula is C22H30N2O2. The molecular weight excluding hydrogens is 324 g/mol. The van der Waals surface area contributed by atoms with E-state index in [1.54, 1.807) is 0 Å². The molecule has 0 aromatic heterocycles. The highest BCUT2D eigenvalue weighted by Gasteiger charge is 2.57. The number of amides is 2. The molecule has 1 aliphatic heterocycles. The number of fused-ring (bicyclic) bond motifs is 1. The molecule has 1 saturated heterocycles. The molecule has 4 heteroatoms. The van der Waals surface area contributed by atoms with Crippen molar-refractivity contribution in [2.45, 2.75) is 57.9 Å². The predicted octanol–water partition coefficient (Wildman–Crippen LogP) is 3.29. The molecule has 26 heavy (non-hydrogen) atoms. The summed E-state index contributed by atoms with van der Waals surface area (Å²) in [4.78, 5) is 26.2. The van der Waals surface area contributed by atoms with Crippen LogP contribution < -0.4 is 5.32 Å². The van der Waals surface area contributed by atoms with E-state index >= 15 is 0 Å². The molecule has 2 atom stereocenters. The van der Waals surface area contributed by atoms with Gasteiger partial charge in [-0.1, -0.05) is 45.0 Å². The van der Waals surface area contributed by atoms with E-state index in [-0.39, 0.29) is 17.9 Å². The highest BCUT2D eigenvalue weighted by molar-refractivity contribution is 5.81. The SMILES string of the molecule is CCC(=O)NC1CC(C(=O)N2CC3C(C2)C3c2ccc(C(C)C)cc2)C1. The molecule has 3 fully saturated rings. The Kier molecular flexibility index (Phi) is 4.54. The number of benzene rings is 1. The summed E-state index contributed by atoms with van der Waals surface area (Å²) in [6.07, 6.45) is 2.15. The average Bonchev–Trinajstić information content (AvgIpc) is 3.10. The number of piperidine rings is 1. The van der Waals surface area contributed by atoms with Gasteiger partial charge in [-0.2, -0.15) is 0 Å². The highest BCUT2D eigenvalue weighted by atomic mass is 16.2. The monoisotopic (exact) mass is 354 g/mol. The van der Waals surface area contributed by atoms with E-state index in [0.717, 1.165) is 25.9 Å². The lowest BCUT2D eigenvalue weighted by atomic mass is 9.79. The van der Waals surface area contributed by atoms with Crippen molar-refractivity contribution in [3.8, 4) is 0 Å². The van der Waals surface area contributed by atoms with Crippen molar-refractivity contribution in [1.29, 1.82) is 0 Å². The Morgan fingerprint density at radius 1 is 1.12 bits per heavy atom. The normalized spacial score (nSPS) is 32.2. The first-order valence-corrected chi connectivity index (χ1v) is 10.2. The van der Waals surface area contributed by atoms with Crippen LogP contribution >= 0.6 is 0 Å². The number of rotatable bonds is 5. The molecule has 2 saturated carbocycles. The van der Waals surface area contributed by atoms with Gasteiger partial charge in [0.1, 0.15) is 0 Å². The predicted molar refractivity (Wildman–Crippen MR) is 102 cm³/mol. The van der Waals surface area contributed by atoms with Crippen LogP contribution in [0.1, 0.15) is 63.0 Å². The fourth-order valence-electron chi connectivity index (χ4n) is 4.83. The van der Waals surface area contributed by atoms with Crippen molar-refractivity contribution in [2.24, 2.45) is 17.8 Å². The third-order valence-electron chi connectivity index (χ3n) is 6.67. The molecule has 0 spiro atoms. The number of nitrogens with one attached hydrogen (secondary N) is 1. The maximum Gasteiger partial charge on any atom is 0.225 e. The van der Waals surface area contributed by atoms with Crippen LogP contribution in [0.3, 0.4) is 0 Å². The first-order valence-electron chi connectivity index (χ1n) is 10.2. The van der Waals surface area contributed by atoms with Crippen LogP contribution in [0.25, 0.3) is 0 Å². The summed E-state index contributed by atoms with van der Waals surface area (Å²) in [5, 5.41) is 2.99. The van der Waals surface area contributed by atoms with Gasteiger partial charge in [0.15, 0.2) is 0 Å². The van der Waals surface area contributed by atoms with E-state index in [9.17, 15) is 9.59 Å². The second-order valence-electron chi connectivity index (χ2n) is 8.70. The van der Waals surface area contributed by atoms with Crippen molar-refractivity contribution in [2.75, 3.05) is 13.1 Å². The highest BCUT2D eigenvalue weighted by Crippen LogP contribution is 2.58. The smallest absolute Gasteiger partial charge is 0.225 e. The van der Waals surface area contributed by atoms with Crippen LogP contribution in [0.5, 0.6) is 0 Å². The Morgan fingerprint density at radius 2 is 1.73 bits per heavy atom. The zero-order chi connectivity index (χ0) is 18.4. The van der Waals surface area contributed by atoms with Gasteiger partial charge < -0.3 is 10.2 Å². The molecule has 2 aliphatic carbocycles. The standard InChI is InChI=1S/C22H30N2O2/c1-4-20(25)23-17-9-16(10-17)22(26)24-11-18-19(12-24)21(18)15-7-5-14(6-8-15)13(2)3/h5-8,13,16-19,21H,4,9-12H2,1-3H3,(H,23,25). The Hall–Kier alpha value is -1.84. The summed E-state index contributed by atoms with van der Waals surface area (Å²) in [5.74, 6) is 3.06. The number of hydrogen-bond donors (Lipinski definition) is 1. The van der Waals surface area contributed by atoms with Crippen molar-refractivity contribution in [3.05, 3.63) is 35.4 Å². The van der Waals surface area contributed by atoms with Crippen molar-refractivity contribution in [3.63, 3.8) is 0 Å². The molecule has 0 radical (unpaired) electrons. The minimum atomic E-state index is 0.0923. The van der Waals surface area contributed by atoms with Gasteiger partial charge in [0.2, 0.25) is 11.8 Å². The first-order chi connectivity index (χ1) is 12.5. The molecule has 4 nitrogen and oxygen atoms in total. The third-order valence-corrected chi connectivity index (χ3v) is 6.67. The lowest BCUT2D eigenvalue weighted by Crippen LogP contribution is -2.50. The minimum Gasteiger partial charge on any atom is -0.353 e. The number of carbonyl (C=O) groups excluding carboxylic acids is 2. The van der Waals surface area contributed by atoms with Crippen LogP contribution in [-0.4, -0.2) is 35.8 Å². The van der Waals surface area contributed by atoms with Gasteiger partial charge >= 0.3 is 0 Å². The number of carbonyl (C=O) groups is 2. The molecule has 140 valence electrons. The lowest BCUT2D eigenvalue weighted by molar-refractivity contribution is -0.139. The van der Waals surface area contributed by atoms with Gasteiger partial charge in [0, 0.05) is 31.5 Å². The Bertz CT molecular complexity index is 679. The Morgan fingerprint density at radius 3 is 2.27 bits per heavy atom. The molecule has 1 N–H and O–H groups in total. The molecule has 1 aromatic rings. The fourth-order valence-corrected chi connectivity index (χ4v) is 4.83. The molecule has 3 aliphatic rings. The van der Waals surface area contributed by atoms with E-state index in [4.69, 9.17) is 0 Å². The first kappa shape index (κ1) is 17.6. The lowest BCUT2D eigenvalue weighted by Gasteiger charge is -2.37. The number of likely N-dealkylation sites (tertiary alicyclic amines) is 1. The van der Waals surface area contributed by atoms with Crippen LogP contribution in [-0.2, 0) is 9.59 Å². The van der Waals surface area contributed by atoms with Crippen LogP contribution in [0.4, 0.5) is 0 Å². The second-order valence-corrected chi connectivity index (χ2v) is 8.70. The summed E-state index contributed by atoms with van der Waals surface area (Å²) in [6, 6.07) is 9.31. The van der Waals surface area contributed by atoms with Crippen LogP contribution in [0.15, 0.2) is 24.3 Å². The fraction of sp³-hybridized carbons (Fsp3) is 0.636. The summed E-state index contributed by atoms with van der Waals surface area (Å²) in [6.45, 7) is 8.15.